The Morgan fingerprint density at radius 2 is 2.00 bits per heavy atom. The summed E-state index contributed by atoms with van der Waals surface area (Å²) in [5, 5.41) is 0.973. The number of ether oxygens (including phenoxy) is 2. The molecular weight excluding hydrogens is 412 g/mol. The van der Waals surface area contributed by atoms with Crippen LogP contribution in [0, 0.1) is 0 Å². The van der Waals surface area contributed by atoms with E-state index in [0.29, 0.717) is 17.5 Å². The van der Waals surface area contributed by atoms with Crippen LogP contribution in [0.3, 0.4) is 0 Å². The van der Waals surface area contributed by atoms with E-state index in [4.69, 9.17) is 19.4 Å². The highest BCUT2D eigenvalue weighted by Crippen LogP contribution is 2.45. The molecule has 0 bridgehead atoms. The van der Waals surface area contributed by atoms with Crippen LogP contribution in [0.1, 0.15) is 18.1 Å². The summed E-state index contributed by atoms with van der Waals surface area (Å²) in [6.07, 6.45) is 0.720. The highest BCUT2D eigenvalue weighted by Gasteiger charge is 2.26. The molecule has 0 atom stereocenters. The minimum atomic E-state index is 0.614. The summed E-state index contributed by atoms with van der Waals surface area (Å²) in [6.45, 7) is 2.12. The van der Waals surface area contributed by atoms with Gasteiger partial charge in [0.2, 0.25) is 5.88 Å². The van der Waals surface area contributed by atoms with Crippen molar-refractivity contribution in [1.82, 2.24) is 9.97 Å². The minimum Gasteiger partial charge on any atom is -0.493 e. The smallest absolute Gasteiger partial charge is 0.227 e. The molecule has 0 fully saturated rings. The molecule has 0 saturated heterocycles. The predicted octanol–water partition coefficient (Wildman–Crippen LogP) is 5.72. The molecule has 0 radical (unpaired) electrons. The Balaban J connectivity index is 1.85. The Kier molecular flexibility index (Phi) is 4.87. The van der Waals surface area contributed by atoms with E-state index in [1.165, 1.54) is 0 Å². The first-order chi connectivity index (χ1) is 12.7. The molecule has 3 aromatic rings. The Bertz CT molecular complexity index is 964. The van der Waals surface area contributed by atoms with Crippen molar-refractivity contribution < 1.29 is 9.47 Å². The second-order valence-electron chi connectivity index (χ2n) is 5.81. The molecule has 0 saturated carbocycles. The highest BCUT2D eigenvalue weighted by molar-refractivity contribution is 9.10. The molecule has 4 nitrogen and oxygen atoms in total. The molecule has 1 aromatic heterocycles. The number of hydrogen-bond acceptors (Lipinski definition) is 5. The van der Waals surface area contributed by atoms with Gasteiger partial charge in [-0.3, -0.25) is 0 Å². The standard InChI is InChI=1S/C20H17BrN2O2S/c1-3-26-20-15-10-13-9-14(21)11-16(24-2)17(13)25-19(15)22-18(23-20)12-7-5-4-6-8-12/h4-9,11H,3,10H2,1-2H3. The Morgan fingerprint density at radius 1 is 1.19 bits per heavy atom. The first-order valence-electron chi connectivity index (χ1n) is 8.33. The second kappa shape index (κ2) is 7.29. The van der Waals surface area contributed by atoms with E-state index < -0.39 is 0 Å². The molecule has 1 aliphatic heterocycles. The third kappa shape index (κ3) is 3.19. The molecule has 4 rings (SSSR count). The van der Waals surface area contributed by atoms with Crippen molar-refractivity contribution in [3.05, 3.63) is 58.1 Å². The molecule has 0 amide bonds. The van der Waals surface area contributed by atoms with E-state index in [-0.39, 0.29) is 0 Å². The van der Waals surface area contributed by atoms with E-state index in [1.54, 1.807) is 18.9 Å². The van der Waals surface area contributed by atoms with Crippen molar-refractivity contribution in [3.8, 4) is 28.8 Å². The van der Waals surface area contributed by atoms with Gasteiger partial charge in [-0.25, -0.2) is 4.98 Å². The zero-order valence-corrected chi connectivity index (χ0v) is 16.9. The summed E-state index contributed by atoms with van der Waals surface area (Å²) in [4.78, 5) is 9.52. The summed E-state index contributed by atoms with van der Waals surface area (Å²) >= 11 is 5.25. The molecule has 0 N–H and O–H groups in total. The van der Waals surface area contributed by atoms with Crippen LogP contribution in [0.5, 0.6) is 17.4 Å². The lowest BCUT2D eigenvalue weighted by atomic mass is 10.0. The number of methoxy groups -OCH3 is 1. The number of benzene rings is 2. The van der Waals surface area contributed by atoms with Gasteiger partial charge in [0.1, 0.15) is 5.03 Å². The zero-order valence-electron chi connectivity index (χ0n) is 14.5. The molecule has 132 valence electrons. The van der Waals surface area contributed by atoms with Gasteiger partial charge < -0.3 is 9.47 Å². The van der Waals surface area contributed by atoms with Crippen LogP contribution in [0.25, 0.3) is 11.4 Å². The quantitative estimate of drug-likeness (QED) is 0.307. The Hall–Kier alpha value is -2.05. The van der Waals surface area contributed by atoms with Crippen molar-refractivity contribution >= 4 is 27.7 Å². The highest BCUT2D eigenvalue weighted by atomic mass is 79.9. The molecule has 0 spiro atoms. The molecule has 1 aliphatic rings. The summed E-state index contributed by atoms with van der Waals surface area (Å²) in [6, 6.07) is 14.0. The van der Waals surface area contributed by atoms with Gasteiger partial charge in [0.05, 0.1) is 12.7 Å². The monoisotopic (exact) mass is 428 g/mol. The van der Waals surface area contributed by atoms with Crippen molar-refractivity contribution in [2.75, 3.05) is 12.9 Å². The Morgan fingerprint density at radius 3 is 2.73 bits per heavy atom. The minimum absolute atomic E-state index is 0.614. The van der Waals surface area contributed by atoms with Gasteiger partial charge in [-0.2, -0.15) is 4.98 Å². The van der Waals surface area contributed by atoms with Crippen molar-refractivity contribution in [2.45, 2.75) is 18.4 Å². The molecule has 2 heterocycles. The number of hydrogen-bond donors (Lipinski definition) is 0. The average Bonchev–Trinajstić information content (AvgIpc) is 2.67. The normalized spacial score (nSPS) is 12.1. The number of rotatable bonds is 4. The predicted molar refractivity (Wildman–Crippen MR) is 107 cm³/mol. The molecular formula is C20H17BrN2O2S. The van der Waals surface area contributed by atoms with Crippen LogP contribution < -0.4 is 9.47 Å². The number of halogens is 1. The van der Waals surface area contributed by atoms with Gasteiger partial charge in [-0.1, -0.05) is 53.2 Å². The maximum atomic E-state index is 6.19. The molecule has 0 unspecified atom stereocenters. The molecule has 26 heavy (non-hydrogen) atoms. The van der Waals surface area contributed by atoms with E-state index in [1.807, 2.05) is 36.4 Å². The summed E-state index contributed by atoms with van der Waals surface area (Å²) in [5.41, 5.74) is 3.08. The summed E-state index contributed by atoms with van der Waals surface area (Å²) in [5.74, 6) is 3.66. The topological polar surface area (TPSA) is 44.2 Å². The van der Waals surface area contributed by atoms with Crippen LogP contribution >= 0.6 is 27.7 Å². The molecule has 2 aromatic carbocycles. The maximum absolute atomic E-state index is 6.19. The Labute approximate surface area is 165 Å². The lowest BCUT2D eigenvalue weighted by Crippen LogP contribution is -2.10. The van der Waals surface area contributed by atoms with Gasteiger partial charge in [0.15, 0.2) is 17.3 Å². The van der Waals surface area contributed by atoms with Gasteiger partial charge in [-0.05, 0) is 17.9 Å². The summed E-state index contributed by atoms with van der Waals surface area (Å²) in [7, 11) is 1.65. The fourth-order valence-electron chi connectivity index (χ4n) is 2.96. The van der Waals surface area contributed by atoms with Gasteiger partial charge in [0.25, 0.3) is 0 Å². The van der Waals surface area contributed by atoms with Gasteiger partial charge in [-0.15, -0.1) is 11.8 Å². The van der Waals surface area contributed by atoms with Crippen molar-refractivity contribution in [2.24, 2.45) is 0 Å². The summed E-state index contributed by atoms with van der Waals surface area (Å²) < 4.78 is 12.7. The lowest BCUT2D eigenvalue weighted by molar-refractivity contribution is 0.364. The van der Waals surface area contributed by atoms with Crippen LogP contribution in [0.15, 0.2) is 52.0 Å². The largest absolute Gasteiger partial charge is 0.493 e. The fourth-order valence-corrected chi connectivity index (χ4v) is 4.20. The van der Waals surface area contributed by atoms with E-state index in [9.17, 15) is 0 Å². The van der Waals surface area contributed by atoms with E-state index in [2.05, 4.69) is 28.9 Å². The number of fused-ring (bicyclic) bond motifs is 2. The van der Waals surface area contributed by atoms with Gasteiger partial charge in [0, 0.05) is 22.0 Å². The maximum Gasteiger partial charge on any atom is 0.227 e. The number of nitrogens with zero attached hydrogens (tertiary/aromatic N) is 2. The third-order valence-electron chi connectivity index (χ3n) is 4.13. The van der Waals surface area contributed by atoms with Crippen LogP contribution in [0.2, 0.25) is 0 Å². The van der Waals surface area contributed by atoms with Crippen LogP contribution in [-0.2, 0) is 6.42 Å². The van der Waals surface area contributed by atoms with Crippen LogP contribution in [-0.4, -0.2) is 22.8 Å². The second-order valence-corrected chi connectivity index (χ2v) is 7.98. The molecule has 0 aliphatic carbocycles. The fraction of sp³-hybridized carbons (Fsp3) is 0.200. The third-order valence-corrected chi connectivity index (χ3v) is 5.48. The van der Waals surface area contributed by atoms with Crippen molar-refractivity contribution in [1.29, 1.82) is 0 Å². The van der Waals surface area contributed by atoms with Crippen LogP contribution in [0.4, 0.5) is 0 Å². The zero-order chi connectivity index (χ0) is 18.1. The number of thioether (sulfide) groups is 1. The van der Waals surface area contributed by atoms with E-state index >= 15 is 0 Å². The lowest BCUT2D eigenvalue weighted by Gasteiger charge is -2.23. The first-order valence-corrected chi connectivity index (χ1v) is 10.1. The van der Waals surface area contributed by atoms with Gasteiger partial charge >= 0.3 is 0 Å². The van der Waals surface area contributed by atoms with Crippen molar-refractivity contribution in [3.63, 3.8) is 0 Å². The average molecular weight is 429 g/mol. The SMILES string of the molecule is CCSc1nc(-c2ccccc2)nc2c1Cc1cc(Br)cc(OC)c1O2. The first kappa shape index (κ1) is 17.4. The van der Waals surface area contributed by atoms with E-state index in [0.717, 1.165) is 44.1 Å². The molecule has 6 heteroatoms. The number of aromatic nitrogens is 2.